The van der Waals surface area contributed by atoms with Crippen LogP contribution in [0.15, 0.2) is 0 Å². The highest BCUT2D eigenvalue weighted by atomic mass is 19.3. The third-order valence-corrected chi connectivity index (χ3v) is 2.03. The van der Waals surface area contributed by atoms with E-state index in [1.54, 1.807) is 20.8 Å². The van der Waals surface area contributed by atoms with E-state index < -0.39 is 36.4 Å². The summed E-state index contributed by atoms with van der Waals surface area (Å²) >= 11 is 0. The lowest BCUT2D eigenvalue weighted by molar-refractivity contribution is -0.145. The van der Waals surface area contributed by atoms with Gasteiger partial charge in [-0.25, -0.2) is 18.5 Å². The normalized spacial score (nSPS) is 20.8. The van der Waals surface area contributed by atoms with E-state index in [1.807, 2.05) is 0 Å². The van der Waals surface area contributed by atoms with E-state index in [9.17, 15) is 18.4 Å². The molecule has 16 heavy (non-hydrogen) atoms. The maximum absolute atomic E-state index is 12.8. The number of hydrogen-bond donors (Lipinski definition) is 0. The number of halogens is 2. The first kappa shape index (κ1) is 12.9. The van der Waals surface area contributed by atoms with E-state index >= 15 is 0 Å². The number of rotatable bonds is 0. The van der Waals surface area contributed by atoms with E-state index in [-0.39, 0.29) is 6.54 Å². The van der Waals surface area contributed by atoms with E-state index in [4.69, 9.17) is 4.74 Å². The van der Waals surface area contributed by atoms with Gasteiger partial charge in [0.25, 0.3) is 5.92 Å². The number of imide groups is 1. The van der Waals surface area contributed by atoms with Gasteiger partial charge in [-0.3, -0.25) is 4.79 Å². The van der Waals surface area contributed by atoms with Gasteiger partial charge in [0.1, 0.15) is 5.60 Å². The quantitative estimate of drug-likeness (QED) is 0.646. The predicted octanol–water partition coefficient (Wildman–Crippen LogP) is 2.18. The van der Waals surface area contributed by atoms with Crippen LogP contribution in [0, 0.1) is 0 Å². The lowest BCUT2D eigenvalue weighted by Crippen LogP contribution is -2.48. The van der Waals surface area contributed by atoms with Crippen LogP contribution in [0.1, 0.15) is 33.6 Å². The summed E-state index contributed by atoms with van der Waals surface area (Å²) in [6.07, 6.45) is -2.28. The van der Waals surface area contributed by atoms with Crippen LogP contribution in [0.25, 0.3) is 0 Å². The van der Waals surface area contributed by atoms with Crippen molar-refractivity contribution in [2.45, 2.75) is 45.1 Å². The molecule has 1 fully saturated rings. The van der Waals surface area contributed by atoms with Crippen LogP contribution in [-0.2, 0) is 9.53 Å². The fraction of sp³-hybridized carbons (Fsp3) is 0.800. The lowest BCUT2D eigenvalue weighted by Gasteiger charge is -2.31. The van der Waals surface area contributed by atoms with E-state index in [0.29, 0.717) is 0 Å². The Hall–Kier alpha value is -1.20. The highest BCUT2D eigenvalue weighted by Gasteiger charge is 2.42. The Balaban J connectivity index is 2.63. The van der Waals surface area contributed by atoms with E-state index in [2.05, 4.69) is 0 Å². The largest absolute Gasteiger partial charge is 0.443 e. The number of ether oxygens (including phenoxy) is 1. The Labute approximate surface area is 92.5 Å². The minimum Gasteiger partial charge on any atom is -0.443 e. The molecule has 0 aliphatic carbocycles. The fourth-order valence-electron chi connectivity index (χ4n) is 1.32. The minimum atomic E-state index is -3.00. The number of carbonyl (C=O) groups is 2. The molecule has 1 heterocycles. The third-order valence-electron chi connectivity index (χ3n) is 2.03. The van der Waals surface area contributed by atoms with E-state index in [0.717, 1.165) is 4.90 Å². The summed E-state index contributed by atoms with van der Waals surface area (Å²) in [6.45, 7) is 4.65. The summed E-state index contributed by atoms with van der Waals surface area (Å²) in [6, 6.07) is 0. The molecule has 0 unspecified atom stereocenters. The highest BCUT2D eigenvalue weighted by molar-refractivity contribution is 5.93. The van der Waals surface area contributed by atoms with Crippen LogP contribution in [0.2, 0.25) is 0 Å². The smallest absolute Gasteiger partial charge is 0.417 e. The maximum atomic E-state index is 12.8. The molecular weight excluding hydrogens is 220 g/mol. The van der Waals surface area contributed by atoms with Gasteiger partial charge >= 0.3 is 6.09 Å². The molecule has 92 valence electrons. The van der Waals surface area contributed by atoms with Crippen LogP contribution in [0.3, 0.4) is 0 Å². The summed E-state index contributed by atoms with van der Waals surface area (Å²) < 4.78 is 30.6. The molecule has 1 aliphatic heterocycles. The third kappa shape index (κ3) is 3.43. The van der Waals surface area contributed by atoms with E-state index in [1.165, 1.54) is 0 Å². The van der Waals surface area contributed by atoms with Crippen LogP contribution in [-0.4, -0.2) is 35.0 Å². The van der Waals surface area contributed by atoms with Crippen molar-refractivity contribution in [1.29, 1.82) is 0 Å². The molecule has 1 saturated heterocycles. The molecule has 0 aromatic rings. The Morgan fingerprint density at radius 2 is 2.00 bits per heavy atom. The second-order valence-corrected chi connectivity index (χ2v) is 4.81. The molecule has 0 saturated carbocycles. The zero-order valence-electron chi connectivity index (χ0n) is 9.55. The highest BCUT2D eigenvalue weighted by Crippen LogP contribution is 2.29. The van der Waals surface area contributed by atoms with Crippen molar-refractivity contribution in [3.63, 3.8) is 0 Å². The monoisotopic (exact) mass is 235 g/mol. The van der Waals surface area contributed by atoms with Crippen molar-refractivity contribution < 1.29 is 23.1 Å². The van der Waals surface area contributed by atoms with Crippen molar-refractivity contribution in [2.24, 2.45) is 0 Å². The van der Waals surface area contributed by atoms with Gasteiger partial charge in [0.15, 0.2) is 0 Å². The average Bonchev–Trinajstić information content (AvgIpc) is 1.97. The van der Waals surface area contributed by atoms with Crippen molar-refractivity contribution in [3.05, 3.63) is 0 Å². The fourth-order valence-corrected chi connectivity index (χ4v) is 1.32. The minimum absolute atomic E-state index is 0.291. The number of piperidine rings is 1. The molecular formula is C10H15F2NO3. The van der Waals surface area contributed by atoms with Crippen LogP contribution < -0.4 is 0 Å². The second-order valence-electron chi connectivity index (χ2n) is 4.81. The summed E-state index contributed by atoms with van der Waals surface area (Å²) in [7, 11) is 0. The second kappa shape index (κ2) is 3.99. The van der Waals surface area contributed by atoms with Crippen LogP contribution >= 0.6 is 0 Å². The first-order chi connectivity index (χ1) is 7.11. The van der Waals surface area contributed by atoms with Gasteiger partial charge in [-0.15, -0.1) is 0 Å². The van der Waals surface area contributed by atoms with Crippen molar-refractivity contribution in [3.8, 4) is 0 Å². The predicted molar refractivity (Wildman–Crippen MR) is 52.1 cm³/mol. The van der Waals surface area contributed by atoms with Gasteiger partial charge in [-0.05, 0) is 20.8 Å². The molecule has 0 radical (unpaired) electrons. The van der Waals surface area contributed by atoms with Gasteiger partial charge < -0.3 is 4.74 Å². The number of carbonyl (C=O) groups excluding carboxylic acids is 2. The first-order valence-corrected chi connectivity index (χ1v) is 5.02. The number of amides is 2. The molecule has 0 spiro atoms. The number of hydrogen-bond acceptors (Lipinski definition) is 3. The van der Waals surface area contributed by atoms with Gasteiger partial charge in [-0.2, -0.15) is 0 Å². The first-order valence-electron chi connectivity index (χ1n) is 5.02. The van der Waals surface area contributed by atoms with Crippen LogP contribution in [0.4, 0.5) is 13.6 Å². The number of likely N-dealkylation sites (tertiary alicyclic amines) is 1. The SMILES string of the molecule is CC(C)(C)OC(=O)N1CCC(F)(F)CC1=O. The maximum Gasteiger partial charge on any atom is 0.417 e. The van der Waals surface area contributed by atoms with Gasteiger partial charge in [-0.1, -0.05) is 0 Å². The summed E-state index contributed by atoms with van der Waals surface area (Å²) in [5, 5.41) is 0. The Kier molecular flexibility index (Phi) is 3.21. The standard InChI is InChI=1S/C10H15F2NO3/c1-9(2,3)16-8(15)13-5-4-10(11,12)6-7(13)14/h4-6H2,1-3H3. The van der Waals surface area contributed by atoms with Gasteiger partial charge in [0.2, 0.25) is 5.91 Å². The molecule has 6 heteroatoms. The summed E-state index contributed by atoms with van der Waals surface area (Å²) in [5.74, 6) is -3.89. The summed E-state index contributed by atoms with van der Waals surface area (Å²) in [5.41, 5.74) is -0.739. The number of alkyl halides is 2. The van der Waals surface area contributed by atoms with Crippen LogP contribution in [0.5, 0.6) is 0 Å². The molecule has 1 aliphatic rings. The molecule has 0 N–H and O–H groups in total. The topological polar surface area (TPSA) is 46.6 Å². The zero-order valence-corrected chi connectivity index (χ0v) is 9.55. The molecule has 1 rings (SSSR count). The Morgan fingerprint density at radius 3 is 2.44 bits per heavy atom. The van der Waals surface area contributed by atoms with Crippen molar-refractivity contribution in [1.82, 2.24) is 4.90 Å². The van der Waals surface area contributed by atoms with Crippen molar-refractivity contribution >= 4 is 12.0 Å². The summed E-state index contributed by atoms with van der Waals surface area (Å²) in [4.78, 5) is 23.5. The Bertz CT molecular complexity index is 310. The number of nitrogens with zero attached hydrogens (tertiary/aromatic N) is 1. The molecule has 0 aromatic heterocycles. The molecule has 0 aromatic carbocycles. The Morgan fingerprint density at radius 1 is 1.44 bits per heavy atom. The van der Waals surface area contributed by atoms with Gasteiger partial charge in [0.05, 0.1) is 6.42 Å². The van der Waals surface area contributed by atoms with Crippen molar-refractivity contribution in [2.75, 3.05) is 6.54 Å². The molecule has 2 amide bonds. The lowest BCUT2D eigenvalue weighted by atomic mass is 10.1. The molecule has 4 nitrogen and oxygen atoms in total. The average molecular weight is 235 g/mol. The van der Waals surface area contributed by atoms with Gasteiger partial charge in [0, 0.05) is 13.0 Å². The zero-order chi connectivity index (χ0) is 12.6. The molecule has 0 bridgehead atoms. The molecule has 0 atom stereocenters.